The van der Waals surface area contributed by atoms with Gasteiger partial charge in [0.2, 0.25) is 0 Å². The molecule has 0 aliphatic carbocycles. The first-order valence-corrected chi connectivity index (χ1v) is 8.36. The van der Waals surface area contributed by atoms with E-state index in [1.807, 2.05) is 42.5 Å². The molecule has 0 aliphatic heterocycles. The lowest BCUT2D eigenvalue weighted by Crippen LogP contribution is -2.38. The summed E-state index contributed by atoms with van der Waals surface area (Å²) in [4.78, 5) is 8.97. The Morgan fingerprint density at radius 3 is 2.80 bits per heavy atom. The first-order chi connectivity index (χ1) is 12.3. The maximum atomic E-state index is 5.26. The van der Waals surface area contributed by atoms with Gasteiger partial charge >= 0.3 is 0 Å². The minimum Gasteiger partial charge on any atom is -0.497 e. The summed E-state index contributed by atoms with van der Waals surface area (Å²) in [5, 5.41) is 6.64. The van der Waals surface area contributed by atoms with E-state index in [0.717, 1.165) is 42.5 Å². The zero-order valence-corrected chi connectivity index (χ0v) is 14.9. The largest absolute Gasteiger partial charge is 0.497 e. The number of guanidine groups is 1. The minimum atomic E-state index is 0.568. The van der Waals surface area contributed by atoms with Gasteiger partial charge in [-0.1, -0.05) is 18.2 Å². The van der Waals surface area contributed by atoms with Crippen molar-refractivity contribution >= 4 is 5.96 Å². The van der Waals surface area contributed by atoms with E-state index in [0.29, 0.717) is 13.1 Å². The predicted octanol–water partition coefficient (Wildman–Crippen LogP) is 2.36. The highest BCUT2D eigenvalue weighted by Crippen LogP contribution is 2.13. The Balaban J connectivity index is 1.96. The summed E-state index contributed by atoms with van der Waals surface area (Å²) in [7, 11) is 3.37. The van der Waals surface area contributed by atoms with Gasteiger partial charge in [-0.25, -0.2) is 4.99 Å². The fraction of sp³-hybridized carbons (Fsp3) is 0.368. The molecule has 0 amide bonds. The molecule has 0 spiro atoms. The summed E-state index contributed by atoms with van der Waals surface area (Å²) >= 11 is 0. The third-order valence-corrected chi connectivity index (χ3v) is 3.53. The Morgan fingerprint density at radius 1 is 1.12 bits per heavy atom. The van der Waals surface area contributed by atoms with E-state index < -0.39 is 0 Å². The standard InChI is InChI=1S/C19H26N4O2/c1-24-12-6-11-21-19(23-15-17-8-3-4-10-20-17)22-14-16-7-5-9-18(13-16)25-2/h3-5,7-10,13H,6,11-12,14-15H2,1-2H3,(H2,21,22,23). The Hall–Kier alpha value is -2.60. The van der Waals surface area contributed by atoms with Crippen LogP contribution in [0.15, 0.2) is 53.7 Å². The summed E-state index contributed by atoms with van der Waals surface area (Å²) < 4.78 is 10.3. The van der Waals surface area contributed by atoms with Crippen molar-refractivity contribution in [3.05, 3.63) is 59.9 Å². The van der Waals surface area contributed by atoms with Crippen LogP contribution in [0.3, 0.4) is 0 Å². The number of aliphatic imine (C=N–C) groups is 1. The van der Waals surface area contributed by atoms with Crippen LogP contribution >= 0.6 is 0 Å². The van der Waals surface area contributed by atoms with Crippen LogP contribution in [0.2, 0.25) is 0 Å². The van der Waals surface area contributed by atoms with Gasteiger partial charge in [-0.3, -0.25) is 4.98 Å². The molecule has 0 saturated heterocycles. The second-order valence-electron chi connectivity index (χ2n) is 5.46. The topological polar surface area (TPSA) is 67.8 Å². The van der Waals surface area contributed by atoms with E-state index in [1.165, 1.54) is 0 Å². The number of pyridine rings is 1. The van der Waals surface area contributed by atoms with Crippen LogP contribution in [0.4, 0.5) is 0 Å². The molecule has 2 N–H and O–H groups in total. The van der Waals surface area contributed by atoms with Crippen molar-refractivity contribution in [3.8, 4) is 5.75 Å². The molecule has 1 heterocycles. The molecule has 6 heteroatoms. The highest BCUT2D eigenvalue weighted by atomic mass is 16.5. The Morgan fingerprint density at radius 2 is 2.04 bits per heavy atom. The van der Waals surface area contributed by atoms with Gasteiger partial charge < -0.3 is 20.1 Å². The van der Waals surface area contributed by atoms with Crippen molar-refractivity contribution in [2.75, 3.05) is 27.4 Å². The first-order valence-electron chi connectivity index (χ1n) is 8.36. The number of hydrogen-bond donors (Lipinski definition) is 2. The zero-order chi connectivity index (χ0) is 17.7. The normalized spacial score (nSPS) is 11.2. The summed E-state index contributed by atoms with van der Waals surface area (Å²) in [6.45, 7) is 2.70. The minimum absolute atomic E-state index is 0.568. The first kappa shape index (κ1) is 18.7. The van der Waals surface area contributed by atoms with Crippen molar-refractivity contribution in [3.63, 3.8) is 0 Å². The van der Waals surface area contributed by atoms with E-state index in [4.69, 9.17) is 9.47 Å². The third-order valence-electron chi connectivity index (χ3n) is 3.53. The quantitative estimate of drug-likeness (QED) is 0.416. The van der Waals surface area contributed by atoms with E-state index in [1.54, 1.807) is 20.4 Å². The van der Waals surface area contributed by atoms with Crippen molar-refractivity contribution < 1.29 is 9.47 Å². The summed E-state index contributed by atoms with van der Waals surface area (Å²) in [5.74, 6) is 1.59. The van der Waals surface area contributed by atoms with Gasteiger partial charge in [0.15, 0.2) is 5.96 Å². The Labute approximate surface area is 149 Å². The zero-order valence-electron chi connectivity index (χ0n) is 14.9. The van der Waals surface area contributed by atoms with E-state index >= 15 is 0 Å². The number of nitrogens with one attached hydrogen (secondary N) is 2. The molecule has 0 bridgehead atoms. The molecular weight excluding hydrogens is 316 g/mol. The summed E-state index contributed by atoms with van der Waals surface area (Å²) in [6.07, 6.45) is 2.70. The molecule has 0 fully saturated rings. The maximum Gasteiger partial charge on any atom is 0.191 e. The number of nitrogens with zero attached hydrogens (tertiary/aromatic N) is 2. The smallest absolute Gasteiger partial charge is 0.191 e. The molecule has 6 nitrogen and oxygen atoms in total. The molecular formula is C19H26N4O2. The van der Waals surface area contributed by atoms with Gasteiger partial charge in [-0.05, 0) is 36.2 Å². The number of benzene rings is 1. The van der Waals surface area contributed by atoms with Gasteiger partial charge in [0, 0.05) is 26.5 Å². The van der Waals surface area contributed by atoms with Crippen molar-refractivity contribution in [1.82, 2.24) is 15.6 Å². The van der Waals surface area contributed by atoms with Gasteiger partial charge in [0.1, 0.15) is 5.75 Å². The average molecular weight is 342 g/mol. The summed E-state index contributed by atoms with van der Waals surface area (Å²) in [6, 6.07) is 13.8. The fourth-order valence-electron chi connectivity index (χ4n) is 2.22. The molecule has 2 rings (SSSR count). The number of rotatable bonds is 9. The molecule has 2 aromatic rings. The number of methoxy groups -OCH3 is 2. The van der Waals surface area contributed by atoms with Crippen molar-refractivity contribution in [2.24, 2.45) is 4.99 Å². The lowest BCUT2D eigenvalue weighted by molar-refractivity contribution is 0.195. The number of hydrogen-bond acceptors (Lipinski definition) is 4. The molecule has 1 aromatic heterocycles. The van der Waals surface area contributed by atoms with Crippen LogP contribution in [-0.4, -0.2) is 38.3 Å². The van der Waals surface area contributed by atoms with Gasteiger partial charge in [0.05, 0.1) is 25.9 Å². The van der Waals surface area contributed by atoms with Crippen LogP contribution < -0.4 is 15.4 Å². The molecule has 0 aliphatic rings. The highest BCUT2D eigenvalue weighted by Gasteiger charge is 2.01. The number of ether oxygens (including phenoxy) is 2. The third kappa shape index (κ3) is 7.22. The predicted molar refractivity (Wildman–Crippen MR) is 99.7 cm³/mol. The van der Waals surface area contributed by atoms with Gasteiger partial charge in [0.25, 0.3) is 0 Å². The number of aromatic nitrogens is 1. The van der Waals surface area contributed by atoms with Crippen LogP contribution in [0.25, 0.3) is 0 Å². The second-order valence-corrected chi connectivity index (χ2v) is 5.46. The van der Waals surface area contributed by atoms with Crippen LogP contribution in [0, 0.1) is 0 Å². The highest BCUT2D eigenvalue weighted by molar-refractivity contribution is 5.79. The van der Waals surface area contributed by atoms with Crippen LogP contribution in [0.1, 0.15) is 17.7 Å². The van der Waals surface area contributed by atoms with Crippen molar-refractivity contribution in [2.45, 2.75) is 19.5 Å². The Bertz CT molecular complexity index is 647. The second kappa shape index (κ2) is 11.0. The lowest BCUT2D eigenvalue weighted by Gasteiger charge is -2.12. The maximum absolute atomic E-state index is 5.26. The molecule has 0 saturated carbocycles. The fourth-order valence-corrected chi connectivity index (χ4v) is 2.22. The molecule has 1 aromatic carbocycles. The van der Waals surface area contributed by atoms with Gasteiger partial charge in [-0.2, -0.15) is 0 Å². The monoisotopic (exact) mass is 342 g/mol. The van der Waals surface area contributed by atoms with E-state index in [-0.39, 0.29) is 0 Å². The molecule has 0 atom stereocenters. The summed E-state index contributed by atoms with van der Waals surface area (Å²) in [5.41, 5.74) is 2.06. The van der Waals surface area contributed by atoms with Crippen LogP contribution in [0.5, 0.6) is 5.75 Å². The molecule has 0 radical (unpaired) electrons. The molecule has 0 unspecified atom stereocenters. The van der Waals surface area contributed by atoms with Crippen molar-refractivity contribution in [1.29, 1.82) is 0 Å². The SMILES string of the molecule is COCCCNC(=NCc1cccc(OC)c1)NCc1ccccn1. The van der Waals surface area contributed by atoms with E-state index in [9.17, 15) is 0 Å². The molecule has 134 valence electrons. The van der Waals surface area contributed by atoms with E-state index in [2.05, 4.69) is 20.6 Å². The average Bonchev–Trinajstić information content (AvgIpc) is 2.67. The van der Waals surface area contributed by atoms with Gasteiger partial charge in [-0.15, -0.1) is 0 Å². The lowest BCUT2D eigenvalue weighted by atomic mass is 10.2. The molecule has 25 heavy (non-hydrogen) atoms. The Kier molecular flexibility index (Phi) is 8.27. The van der Waals surface area contributed by atoms with Crippen LogP contribution in [-0.2, 0) is 17.8 Å².